The molecule has 3 rings (SSSR count). The number of aryl methyl sites for hydroxylation is 2. The molecular formula is C19H25N5O. The van der Waals surface area contributed by atoms with Gasteiger partial charge in [0.25, 0.3) is 0 Å². The molecule has 3 heterocycles. The molecule has 0 aromatic carbocycles. The maximum absolute atomic E-state index is 12.8. The molecular weight excluding hydrogens is 314 g/mol. The van der Waals surface area contributed by atoms with Gasteiger partial charge >= 0.3 is 0 Å². The number of nitriles is 1. The molecule has 2 unspecified atom stereocenters. The molecule has 1 saturated heterocycles. The van der Waals surface area contributed by atoms with Gasteiger partial charge in [-0.05, 0) is 52.0 Å². The summed E-state index contributed by atoms with van der Waals surface area (Å²) in [6, 6.07) is 2.84. The van der Waals surface area contributed by atoms with Crippen molar-refractivity contribution in [3.8, 4) is 6.07 Å². The van der Waals surface area contributed by atoms with Crippen LogP contribution in [0.5, 0.6) is 0 Å². The summed E-state index contributed by atoms with van der Waals surface area (Å²) in [4.78, 5) is 19.4. The van der Waals surface area contributed by atoms with Gasteiger partial charge in [0.05, 0.1) is 6.20 Å². The molecule has 132 valence electrons. The van der Waals surface area contributed by atoms with Crippen molar-refractivity contribution in [2.75, 3.05) is 0 Å². The van der Waals surface area contributed by atoms with E-state index in [0.29, 0.717) is 36.1 Å². The van der Waals surface area contributed by atoms with Crippen molar-refractivity contribution in [3.05, 3.63) is 28.7 Å². The summed E-state index contributed by atoms with van der Waals surface area (Å²) in [5.41, 5.74) is 3.94. The van der Waals surface area contributed by atoms with Gasteiger partial charge in [0.1, 0.15) is 11.6 Å². The molecule has 6 heteroatoms. The Morgan fingerprint density at radius 3 is 2.84 bits per heavy atom. The lowest BCUT2D eigenvalue weighted by molar-refractivity contribution is -0.133. The maximum Gasteiger partial charge on any atom is 0.223 e. The number of aromatic nitrogens is 3. The van der Waals surface area contributed by atoms with Crippen LogP contribution in [0.2, 0.25) is 0 Å². The molecule has 1 aliphatic rings. The normalized spacial score (nSPS) is 20.2. The topological polar surface area (TPSA) is 74.3 Å². The molecule has 2 aromatic heterocycles. The van der Waals surface area contributed by atoms with Gasteiger partial charge in [0.15, 0.2) is 5.65 Å². The van der Waals surface area contributed by atoms with Crippen molar-refractivity contribution in [2.45, 2.75) is 71.9 Å². The molecule has 25 heavy (non-hydrogen) atoms. The number of likely N-dealkylation sites (tertiary alicyclic amines) is 1. The third-order valence-corrected chi connectivity index (χ3v) is 5.46. The summed E-state index contributed by atoms with van der Waals surface area (Å²) in [7, 11) is 0. The summed E-state index contributed by atoms with van der Waals surface area (Å²) in [6.45, 7) is 8.21. The lowest BCUT2D eigenvalue weighted by Crippen LogP contribution is -2.39. The third-order valence-electron chi connectivity index (χ3n) is 5.46. The minimum atomic E-state index is 0.230. The van der Waals surface area contributed by atoms with Gasteiger partial charge < -0.3 is 4.90 Å². The zero-order valence-electron chi connectivity index (χ0n) is 15.4. The van der Waals surface area contributed by atoms with Crippen molar-refractivity contribution < 1.29 is 4.79 Å². The van der Waals surface area contributed by atoms with Crippen LogP contribution in [0.4, 0.5) is 0 Å². The fourth-order valence-corrected chi connectivity index (χ4v) is 4.03. The average Bonchev–Trinajstić information content (AvgIpc) is 3.17. The Labute approximate surface area is 148 Å². The van der Waals surface area contributed by atoms with Crippen molar-refractivity contribution in [1.29, 1.82) is 5.26 Å². The molecule has 0 saturated carbocycles. The quantitative estimate of drug-likeness (QED) is 0.858. The Kier molecular flexibility index (Phi) is 4.76. The van der Waals surface area contributed by atoms with E-state index in [4.69, 9.17) is 5.26 Å². The van der Waals surface area contributed by atoms with E-state index in [1.807, 2.05) is 13.8 Å². The summed E-state index contributed by atoms with van der Waals surface area (Å²) in [5, 5.41) is 13.4. The summed E-state index contributed by atoms with van der Waals surface area (Å²) in [6.07, 6.45) is 5.91. The standard InChI is InChI=1S/C19H25N5O/c1-5-16-7-6-12(2)23(16)18(25)9-8-17-13(3)22-19-15(10-20)11-21-24(19)14(17)4/h11-12,16H,5-9H2,1-4H3. The zero-order valence-corrected chi connectivity index (χ0v) is 15.4. The van der Waals surface area contributed by atoms with Gasteiger partial charge in [0, 0.05) is 29.9 Å². The fraction of sp³-hybridized carbons (Fsp3) is 0.579. The van der Waals surface area contributed by atoms with Crippen molar-refractivity contribution in [2.24, 2.45) is 0 Å². The number of hydrogen-bond donors (Lipinski definition) is 0. The Morgan fingerprint density at radius 2 is 2.16 bits per heavy atom. The van der Waals surface area contributed by atoms with Crippen LogP contribution in [0.15, 0.2) is 6.20 Å². The fourth-order valence-electron chi connectivity index (χ4n) is 4.03. The number of nitrogens with zero attached hydrogens (tertiary/aromatic N) is 5. The van der Waals surface area contributed by atoms with Gasteiger partial charge in [-0.25, -0.2) is 9.50 Å². The largest absolute Gasteiger partial charge is 0.337 e. The Balaban J connectivity index is 1.82. The van der Waals surface area contributed by atoms with E-state index in [9.17, 15) is 4.79 Å². The smallest absolute Gasteiger partial charge is 0.223 e. The molecule has 1 amide bonds. The number of fused-ring (bicyclic) bond motifs is 1. The summed E-state index contributed by atoms with van der Waals surface area (Å²) < 4.78 is 1.71. The first-order valence-corrected chi connectivity index (χ1v) is 9.03. The molecule has 2 atom stereocenters. The number of amides is 1. The lowest BCUT2D eigenvalue weighted by atomic mass is 10.1. The van der Waals surface area contributed by atoms with E-state index in [1.54, 1.807) is 10.7 Å². The Bertz CT molecular complexity index is 848. The average molecular weight is 339 g/mol. The Hall–Kier alpha value is -2.42. The zero-order chi connectivity index (χ0) is 18.1. The second kappa shape index (κ2) is 6.83. The van der Waals surface area contributed by atoms with E-state index in [0.717, 1.165) is 36.2 Å². The minimum absolute atomic E-state index is 0.230. The van der Waals surface area contributed by atoms with Crippen LogP contribution in [0, 0.1) is 25.2 Å². The first-order valence-electron chi connectivity index (χ1n) is 9.03. The Morgan fingerprint density at radius 1 is 1.40 bits per heavy atom. The predicted octanol–water partition coefficient (Wildman–Crippen LogP) is 2.94. The molecule has 0 bridgehead atoms. The van der Waals surface area contributed by atoms with Gasteiger partial charge in [-0.3, -0.25) is 4.79 Å². The van der Waals surface area contributed by atoms with Crippen LogP contribution in [0.1, 0.15) is 62.0 Å². The lowest BCUT2D eigenvalue weighted by Gasteiger charge is -2.28. The summed E-state index contributed by atoms with van der Waals surface area (Å²) in [5.74, 6) is 0.230. The van der Waals surface area contributed by atoms with Crippen molar-refractivity contribution in [1.82, 2.24) is 19.5 Å². The molecule has 2 aromatic rings. The van der Waals surface area contributed by atoms with Crippen LogP contribution in [0.25, 0.3) is 5.65 Å². The van der Waals surface area contributed by atoms with Gasteiger partial charge in [-0.2, -0.15) is 10.4 Å². The summed E-state index contributed by atoms with van der Waals surface area (Å²) >= 11 is 0. The molecule has 1 aliphatic heterocycles. The highest BCUT2D eigenvalue weighted by molar-refractivity contribution is 5.77. The molecule has 0 N–H and O–H groups in total. The van der Waals surface area contributed by atoms with E-state index >= 15 is 0 Å². The van der Waals surface area contributed by atoms with Gasteiger partial charge in [-0.1, -0.05) is 6.92 Å². The number of rotatable bonds is 4. The van der Waals surface area contributed by atoms with Crippen molar-refractivity contribution >= 4 is 11.6 Å². The number of hydrogen-bond acceptors (Lipinski definition) is 4. The second-order valence-corrected chi connectivity index (χ2v) is 6.96. The van der Waals surface area contributed by atoms with Crippen LogP contribution in [-0.4, -0.2) is 37.5 Å². The van der Waals surface area contributed by atoms with Crippen molar-refractivity contribution in [3.63, 3.8) is 0 Å². The first-order chi connectivity index (χ1) is 12.0. The monoisotopic (exact) mass is 339 g/mol. The third kappa shape index (κ3) is 2.99. The van der Waals surface area contributed by atoms with Crippen LogP contribution >= 0.6 is 0 Å². The van der Waals surface area contributed by atoms with E-state index in [1.165, 1.54) is 0 Å². The van der Waals surface area contributed by atoms with E-state index < -0.39 is 0 Å². The highest BCUT2D eigenvalue weighted by Gasteiger charge is 2.32. The second-order valence-electron chi connectivity index (χ2n) is 6.96. The van der Waals surface area contributed by atoms with Gasteiger partial charge in [-0.15, -0.1) is 0 Å². The number of carbonyl (C=O) groups excluding carboxylic acids is 1. The van der Waals surface area contributed by atoms with Crippen LogP contribution in [-0.2, 0) is 11.2 Å². The van der Waals surface area contributed by atoms with Crippen LogP contribution < -0.4 is 0 Å². The van der Waals surface area contributed by atoms with E-state index in [2.05, 4.69) is 34.9 Å². The number of carbonyl (C=O) groups is 1. The van der Waals surface area contributed by atoms with E-state index in [-0.39, 0.29) is 5.91 Å². The first kappa shape index (κ1) is 17.4. The molecule has 0 aliphatic carbocycles. The van der Waals surface area contributed by atoms with Crippen LogP contribution in [0.3, 0.4) is 0 Å². The highest BCUT2D eigenvalue weighted by atomic mass is 16.2. The molecule has 0 spiro atoms. The molecule has 0 radical (unpaired) electrons. The minimum Gasteiger partial charge on any atom is -0.337 e. The van der Waals surface area contributed by atoms with Gasteiger partial charge in [0.2, 0.25) is 5.91 Å². The highest BCUT2D eigenvalue weighted by Crippen LogP contribution is 2.27. The maximum atomic E-state index is 12.8. The molecule has 6 nitrogen and oxygen atoms in total. The molecule has 1 fully saturated rings. The SMILES string of the molecule is CCC1CCC(C)N1C(=O)CCc1c(C)nc2c(C#N)cnn2c1C. The predicted molar refractivity (Wildman–Crippen MR) is 95.1 cm³/mol.